The van der Waals surface area contributed by atoms with E-state index in [1.807, 2.05) is 49.4 Å². The summed E-state index contributed by atoms with van der Waals surface area (Å²) in [4.78, 5) is 0. The van der Waals surface area contributed by atoms with Crippen LogP contribution in [0, 0.1) is 12.3 Å². The van der Waals surface area contributed by atoms with Gasteiger partial charge in [0.1, 0.15) is 32.8 Å². The Balaban J connectivity index is 2.76. The molecule has 1 heterocycles. The molecular weight excluding hydrogens is 267 g/mol. The van der Waals surface area contributed by atoms with Gasteiger partial charge in [0.25, 0.3) is 0 Å². The Hall–Kier alpha value is -0.535. The van der Waals surface area contributed by atoms with E-state index in [2.05, 4.69) is 5.92 Å². The Morgan fingerprint density at radius 2 is 1.71 bits per heavy atom. The maximum Gasteiger partial charge on any atom is 0.142 e. The summed E-state index contributed by atoms with van der Waals surface area (Å²) >= 11 is 0. The van der Waals surface area contributed by atoms with E-state index in [4.69, 9.17) is 25.4 Å². The molecule has 4 nitrogen and oxygen atoms in total. The van der Waals surface area contributed by atoms with E-state index in [0.29, 0.717) is 6.61 Å². The fourth-order valence-electron chi connectivity index (χ4n) is 2.29. The van der Waals surface area contributed by atoms with Crippen molar-refractivity contribution in [1.82, 2.24) is 0 Å². The van der Waals surface area contributed by atoms with Crippen LogP contribution >= 0.6 is 0 Å². The van der Waals surface area contributed by atoms with Crippen LogP contribution in [-0.2, 0) is 18.9 Å². The van der Waals surface area contributed by atoms with E-state index in [1.54, 1.807) is 0 Å². The molecule has 1 fully saturated rings. The van der Waals surface area contributed by atoms with Crippen LogP contribution in [0.25, 0.3) is 0 Å². The lowest BCUT2D eigenvalue weighted by molar-refractivity contribution is -0.122. The summed E-state index contributed by atoms with van der Waals surface area (Å²) in [6.45, 7) is 12.8. The summed E-state index contributed by atoms with van der Waals surface area (Å²) in [6, 6.07) is -0.0550. The second-order valence-corrected chi connectivity index (χ2v) is 7.48. The molecule has 0 aromatic rings. The molecule has 1 unspecified atom stereocenters. The van der Waals surface area contributed by atoms with E-state index in [-0.39, 0.29) is 42.1 Å². The van der Waals surface area contributed by atoms with Gasteiger partial charge in [0.05, 0.1) is 23.8 Å². The minimum Gasteiger partial charge on any atom is -0.376 e. The first-order valence-electron chi connectivity index (χ1n) is 7.56. The van der Waals surface area contributed by atoms with Gasteiger partial charge in [0, 0.05) is 0 Å². The third kappa shape index (κ3) is 6.40. The highest BCUT2D eigenvalue weighted by molar-refractivity contribution is 6.11. The van der Waals surface area contributed by atoms with Gasteiger partial charge in [0.2, 0.25) is 0 Å². The zero-order valence-corrected chi connectivity index (χ0v) is 14.4. The molecule has 1 aliphatic rings. The first kappa shape index (κ1) is 18.5. The Morgan fingerprint density at radius 1 is 1.10 bits per heavy atom. The van der Waals surface area contributed by atoms with E-state index in [1.165, 1.54) is 0 Å². The molecule has 1 aliphatic heterocycles. The van der Waals surface area contributed by atoms with E-state index in [9.17, 15) is 0 Å². The summed E-state index contributed by atoms with van der Waals surface area (Å²) in [7, 11) is 2.00. The summed E-state index contributed by atoms with van der Waals surface area (Å²) in [5.41, 5.74) is -0.480. The number of hydrogen-bond acceptors (Lipinski definition) is 4. The van der Waals surface area contributed by atoms with Crippen LogP contribution in [0.1, 0.15) is 41.5 Å². The van der Waals surface area contributed by atoms with Crippen LogP contribution in [-0.4, -0.2) is 56.6 Å². The van der Waals surface area contributed by atoms with Gasteiger partial charge >= 0.3 is 0 Å². The molecule has 0 aliphatic carbocycles. The molecule has 0 bridgehead atoms. The molecule has 1 rings (SSSR count). The van der Waals surface area contributed by atoms with Gasteiger partial charge in [0.15, 0.2) is 0 Å². The van der Waals surface area contributed by atoms with E-state index in [0.717, 1.165) is 0 Å². The Labute approximate surface area is 130 Å². The fourth-order valence-corrected chi connectivity index (χ4v) is 2.29. The summed E-state index contributed by atoms with van der Waals surface area (Å²) < 4.78 is 23.7. The van der Waals surface area contributed by atoms with Crippen LogP contribution in [0.4, 0.5) is 0 Å². The molecule has 0 spiro atoms. The van der Waals surface area contributed by atoms with Crippen LogP contribution < -0.4 is 0 Å². The summed E-state index contributed by atoms with van der Waals surface area (Å²) in [5.74, 6) is 2.51. The summed E-state index contributed by atoms with van der Waals surface area (Å²) in [5, 5.41) is 0. The molecule has 5 heteroatoms. The van der Waals surface area contributed by atoms with Crippen LogP contribution in [0.2, 0.25) is 0 Å². The van der Waals surface area contributed by atoms with Gasteiger partial charge < -0.3 is 18.9 Å². The van der Waals surface area contributed by atoms with Gasteiger partial charge in [-0.05, 0) is 41.5 Å². The average Bonchev–Trinajstić information content (AvgIpc) is 2.58. The van der Waals surface area contributed by atoms with Gasteiger partial charge in [-0.15, -0.1) is 6.42 Å². The van der Waals surface area contributed by atoms with Gasteiger partial charge in [-0.25, -0.2) is 0 Å². The smallest absolute Gasteiger partial charge is 0.142 e. The normalized spacial score (nSPS) is 30.3. The van der Waals surface area contributed by atoms with Crippen molar-refractivity contribution in [2.75, 3.05) is 13.2 Å². The number of hydrogen-bond donors (Lipinski definition) is 0. The lowest BCUT2D eigenvalue weighted by atomic mass is 9.92. The highest BCUT2D eigenvalue weighted by Gasteiger charge is 2.45. The predicted molar refractivity (Wildman–Crippen MR) is 86.1 cm³/mol. The first-order chi connectivity index (χ1) is 9.53. The monoisotopic (exact) mass is 296 g/mol. The maximum atomic E-state index is 6.11. The number of rotatable bonds is 5. The predicted octanol–water partition coefficient (Wildman–Crippen LogP) is 1.36. The van der Waals surface area contributed by atoms with Crippen molar-refractivity contribution in [3.8, 4) is 12.3 Å². The number of terminal acetylenes is 1. The van der Waals surface area contributed by atoms with Crippen LogP contribution in [0.3, 0.4) is 0 Å². The van der Waals surface area contributed by atoms with Gasteiger partial charge in [-0.2, -0.15) is 0 Å². The standard InChI is InChI=1S/C16H29BO4/c1-8-9-18-12-11(10-19-15(2,3)4)20-14(17)13(12)21-16(5,6)7/h1,11-14H,9-10,17H2,2-7H3/t11-,12?,13+,14-/m1/s1. The molecule has 120 valence electrons. The number of ether oxygens (including phenoxy) is 4. The topological polar surface area (TPSA) is 36.9 Å². The highest BCUT2D eigenvalue weighted by Crippen LogP contribution is 2.29. The largest absolute Gasteiger partial charge is 0.376 e. The van der Waals surface area contributed by atoms with Crippen LogP contribution in [0.15, 0.2) is 0 Å². The fraction of sp³-hybridized carbons (Fsp3) is 0.875. The first-order valence-corrected chi connectivity index (χ1v) is 7.56. The van der Waals surface area contributed by atoms with Crippen molar-refractivity contribution < 1.29 is 18.9 Å². The van der Waals surface area contributed by atoms with Crippen molar-refractivity contribution in [2.24, 2.45) is 0 Å². The van der Waals surface area contributed by atoms with Crippen molar-refractivity contribution in [3.63, 3.8) is 0 Å². The molecule has 21 heavy (non-hydrogen) atoms. The van der Waals surface area contributed by atoms with Gasteiger partial charge in [-0.1, -0.05) is 5.92 Å². The van der Waals surface area contributed by atoms with E-state index < -0.39 is 0 Å². The molecule has 0 amide bonds. The molecular formula is C16H29BO4. The zero-order valence-electron chi connectivity index (χ0n) is 14.4. The highest BCUT2D eigenvalue weighted by atomic mass is 16.6. The van der Waals surface area contributed by atoms with Crippen molar-refractivity contribution in [2.45, 2.75) is 77.1 Å². The molecule has 1 saturated heterocycles. The Morgan fingerprint density at radius 3 is 2.19 bits per heavy atom. The average molecular weight is 296 g/mol. The molecule has 4 atom stereocenters. The lowest BCUT2D eigenvalue weighted by Gasteiger charge is -2.31. The second-order valence-electron chi connectivity index (χ2n) is 7.48. The van der Waals surface area contributed by atoms with Crippen molar-refractivity contribution in [3.05, 3.63) is 0 Å². The third-order valence-electron chi connectivity index (χ3n) is 3.07. The quantitative estimate of drug-likeness (QED) is 0.567. The maximum absolute atomic E-state index is 6.11. The Kier molecular flexibility index (Phi) is 6.30. The minimum atomic E-state index is -0.264. The van der Waals surface area contributed by atoms with Crippen molar-refractivity contribution in [1.29, 1.82) is 0 Å². The second kappa shape index (κ2) is 7.15. The lowest BCUT2D eigenvalue weighted by Crippen LogP contribution is -2.43. The Bertz CT molecular complexity index is 364. The summed E-state index contributed by atoms with van der Waals surface area (Å²) in [6.07, 6.45) is 4.79. The zero-order chi connectivity index (χ0) is 16.3. The van der Waals surface area contributed by atoms with Gasteiger partial charge in [-0.3, -0.25) is 0 Å². The van der Waals surface area contributed by atoms with Crippen molar-refractivity contribution >= 4 is 7.85 Å². The van der Waals surface area contributed by atoms with Crippen LogP contribution in [0.5, 0.6) is 0 Å². The molecule has 0 aromatic carbocycles. The third-order valence-corrected chi connectivity index (χ3v) is 3.07. The van der Waals surface area contributed by atoms with E-state index >= 15 is 0 Å². The molecule has 0 aromatic heterocycles. The molecule has 0 N–H and O–H groups in total. The molecule has 0 radical (unpaired) electrons. The SMILES string of the molecule is B[C@@H]1O[C@H](COC(C)(C)C)C(OCC#C)[C@@H]1OC(C)(C)C. The molecule has 0 saturated carbocycles. The minimum absolute atomic E-state index is 0.0550.